The molecule has 0 saturated carbocycles. The van der Waals surface area contributed by atoms with Gasteiger partial charge in [0.25, 0.3) is 0 Å². The molecule has 5 nitrogen and oxygen atoms in total. The topological polar surface area (TPSA) is 54.9 Å². The number of hydrogen-bond acceptors (Lipinski definition) is 4. The highest BCUT2D eigenvalue weighted by Crippen LogP contribution is 2.36. The first-order chi connectivity index (χ1) is 10.1. The van der Waals surface area contributed by atoms with Crippen molar-refractivity contribution in [3.8, 4) is 11.5 Å². The van der Waals surface area contributed by atoms with Gasteiger partial charge in [-0.1, -0.05) is 6.92 Å². The highest BCUT2D eigenvalue weighted by atomic mass is 79.9. The predicted octanol–water partition coefficient (Wildman–Crippen LogP) is 3.06. The number of benzene rings is 1. The van der Waals surface area contributed by atoms with Crippen LogP contribution in [0.3, 0.4) is 0 Å². The second-order valence-corrected chi connectivity index (χ2v) is 5.32. The van der Waals surface area contributed by atoms with Gasteiger partial charge in [-0.2, -0.15) is 5.10 Å². The average Bonchev–Trinajstić information content (AvgIpc) is 2.46. The first-order valence-corrected chi connectivity index (χ1v) is 7.92. The molecule has 0 saturated heterocycles. The second kappa shape index (κ2) is 9.57. The lowest BCUT2D eigenvalue weighted by molar-refractivity contribution is 0.275. The summed E-state index contributed by atoms with van der Waals surface area (Å²) in [5, 5.41) is 7.29. The largest absolute Gasteiger partial charge is 0.490 e. The van der Waals surface area contributed by atoms with Crippen LogP contribution in [0.5, 0.6) is 11.5 Å². The molecule has 21 heavy (non-hydrogen) atoms. The van der Waals surface area contributed by atoms with Gasteiger partial charge in [0.2, 0.25) is 0 Å². The maximum Gasteiger partial charge on any atom is 0.186 e. The minimum atomic E-state index is 0.457. The Labute approximate surface area is 139 Å². The molecule has 0 aromatic heterocycles. The van der Waals surface area contributed by atoms with Crippen molar-refractivity contribution < 1.29 is 9.47 Å². The lowest BCUT2D eigenvalue weighted by atomic mass is 10.2. The Kier molecular flexibility index (Phi) is 8.07. The number of hydrogen-bond donors (Lipinski definition) is 2. The summed E-state index contributed by atoms with van der Waals surface area (Å²) in [6.07, 6.45) is 2.60. The molecule has 0 fully saturated rings. The Hall–Kier alpha value is -1.34. The second-order valence-electron chi connectivity index (χ2n) is 4.06. The Morgan fingerprint density at radius 1 is 1.38 bits per heavy atom. The van der Waals surface area contributed by atoms with Gasteiger partial charge in [-0.05, 0) is 59.2 Å². The first kappa shape index (κ1) is 17.7. The van der Waals surface area contributed by atoms with Crippen molar-refractivity contribution in [2.75, 3.05) is 20.3 Å². The molecule has 0 amide bonds. The van der Waals surface area contributed by atoms with Crippen molar-refractivity contribution in [1.82, 2.24) is 10.7 Å². The Morgan fingerprint density at radius 2 is 2.14 bits per heavy atom. The van der Waals surface area contributed by atoms with E-state index in [9.17, 15) is 0 Å². The van der Waals surface area contributed by atoms with E-state index in [0.717, 1.165) is 22.2 Å². The van der Waals surface area contributed by atoms with E-state index in [1.54, 1.807) is 13.3 Å². The van der Waals surface area contributed by atoms with Gasteiger partial charge in [-0.25, -0.2) is 0 Å². The zero-order valence-corrected chi connectivity index (χ0v) is 14.8. The molecule has 2 N–H and O–H groups in total. The van der Waals surface area contributed by atoms with Gasteiger partial charge in [0.05, 0.1) is 23.9 Å². The standard InChI is InChI=1S/C14H20BrN3O2S/c1-4-6-20-13-11(15)7-10(8-12(13)19-5-2)9-17-18-14(21)16-3/h7-9H,4-6H2,1-3H3,(H2,16,18,21)/b17-9+. The molecule has 0 bridgehead atoms. The fourth-order valence-electron chi connectivity index (χ4n) is 1.49. The van der Waals surface area contributed by atoms with E-state index >= 15 is 0 Å². The normalized spacial score (nSPS) is 10.5. The minimum absolute atomic E-state index is 0.457. The van der Waals surface area contributed by atoms with E-state index in [-0.39, 0.29) is 0 Å². The molecule has 0 aliphatic rings. The van der Waals surface area contributed by atoms with Gasteiger partial charge >= 0.3 is 0 Å². The van der Waals surface area contributed by atoms with Crippen LogP contribution in [0, 0.1) is 0 Å². The third kappa shape index (κ3) is 5.89. The number of rotatable bonds is 7. The molecule has 0 atom stereocenters. The smallest absolute Gasteiger partial charge is 0.186 e. The maximum absolute atomic E-state index is 5.72. The summed E-state index contributed by atoms with van der Waals surface area (Å²) in [5.41, 5.74) is 3.58. The van der Waals surface area contributed by atoms with Gasteiger partial charge in [0, 0.05) is 7.05 Å². The number of ether oxygens (including phenoxy) is 2. The van der Waals surface area contributed by atoms with Crippen molar-refractivity contribution in [2.24, 2.45) is 5.10 Å². The monoisotopic (exact) mass is 373 g/mol. The summed E-state index contributed by atoms with van der Waals surface area (Å²) < 4.78 is 12.2. The van der Waals surface area contributed by atoms with Crippen LogP contribution in [-0.2, 0) is 0 Å². The van der Waals surface area contributed by atoms with Crippen LogP contribution in [0.2, 0.25) is 0 Å². The molecule has 7 heteroatoms. The van der Waals surface area contributed by atoms with Gasteiger partial charge in [0.15, 0.2) is 16.6 Å². The van der Waals surface area contributed by atoms with Crippen molar-refractivity contribution in [2.45, 2.75) is 20.3 Å². The number of hydrazone groups is 1. The van der Waals surface area contributed by atoms with Crippen LogP contribution in [0.4, 0.5) is 0 Å². The Morgan fingerprint density at radius 3 is 2.76 bits per heavy atom. The molecular weight excluding hydrogens is 354 g/mol. The molecule has 0 radical (unpaired) electrons. The molecule has 1 aromatic carbocycles. The van der Waals surface area contributed by atoms with E-state index in [4.69, 9.17) is 21.7 Å². The van der Waals surface area contributed by atoms with E-state index < -0.39 is 0 Å². The third-order valence-corrected chi connectivity index (χ3v) is 3.27. The summed E-state index contributed by atoms with van der Waals surface area (Å²) in [6, 6.07) is 3.80. The molecular formula is C14H20BrN3O2S. The minimum Gasteiger partial charge on any atom is -0.490 e. The number of thiocarbonyl (C=S) groups is 1. The quantitative estimate of drug-likeness (QED) is 0.437. The molecule has 1 rings (SSSR count). The predicted molar refractivity (Wildman–Crippen MR) is 93.5 cm³/mol. The number of nitrogens with zero attached hydrogens (tertiary/aromatic N) is 1. The highest BCUT2D eigenvalue weighted by molar-refractivity contribution is 9.10. The number of halogens is 1. The van der Waals surface area contributed by atoms with Crippen LogP contribution in [0.1, 0.15) is 25.8 Å². The van der Waals surface area contributed by atoms with Crippen LogP contribution in [0.25, 0.3) is 0 Å². The van der Waals surface area contributed by atoms with E-state index in [0.29, 0.717) is 24.1 Å². The maximum atomic E-state index is 5.72. The fraction of sp³-hybridized carbons (Fsp3) is 0.429. The van der Waals surface area contributed by atoms with Gasteiger partial charge in [-0.15, -0.1) is 0 Å². The van der Waals surface area contributed by atoms with Crippen molar-refractivity contribution in [3.63, 3.8) is 0 Å². The Balaban J connectivity index is 2.94. The van der Waals surface area contributed by atoms with E-state index in [1.807, 2.05) is 19.1 Å². The lowest BCUT2D eigenvalue weighted by Gasteiger charge is -2.14. The third-order valence-electron chi connectivity index (χ3n) is 2.39. The molecule has 1 aromatic rings. The average molecular weight is 374 g/mol. The van der Waals surface area contributed by atoms with Crippen molar-refractivity contribution in [3.05, 3.63) is 22.2 Å². The van der Waals surface area contributed by atoms with Crippen LogP contribution < -0.4 is 20.2 Å². The first-order valence-electron chi connectivity index (χ1n) is 6.72. The zero-order valence-electron chi connectivity index (χ0n) is 12.4. The van der Waals surface area contributed by atoms with Gasteiger partial charge in [0.1, 0.15) is 0 Å². The molecule has 0 aliphatic heterocycles. The van der Waals surface area contributed by atoms with Gasteiger partial charge in [-0.3, -0.25) is 5.43 Å². The summed E-state index contributed by atoms with van der Waals surface area (Å²) in [7, 11) is 1.73. The van der Waals surface area contributed by atoms with E-state index in [1.165, 1.54) is 0 Å². The summed E-state index contributed by atoms with van der Waals surface area (Å²) in [5.74, 6) is 1.41. The molecule has 116 valence electrons. The summed E-state index contributed by atoms with van der Waals surface area (Å²) in [6.45, 7) is 5.21. The van der Waals surface area contributed by atoms with Crippen molar-refractivity contribution >= 4 is 39.5 Å². The SMILES string of the molecule is CCCOc1c(Br)cc(/C=N/NC(=S)NC)cc1OCC. The van der Waals surface area contributed by atoms with E-state index in [2.05, 4.69) is 38.7 Å². The van der Waals surface area contributed by atoms with Crippen molar-refractivity contribution in [1.29, 1.82) is 0 Å². The molecule has 0 aliphatic carbocycles. The Bertz CT molecular complexity index is 509. The van der Waals surface area contributed by atoms with Gasteiger partial charge < -0.3 is 14.8 Å². The highest BCUT2D eigenvalue weighted by Gasteiger charge is 2.11. The fourth-order valence-corrected chi connectivity index (χ4v) is 2.12. The summed E-state index contributed by atoms with van der Waals surface area (Å²) >= 11 is 8.45. The van der Waals surface area contributed by atoms with Crippen LogP contribution >= 0.6 is 28.1 Å². The number of nitrogens with one attached hydrogen (secondary N) is 2. The molecule has 0 spiro atoms. The summed E-state index contributed by atoms with van der Waals surface area (Å²) in [4.78, 5) is 0. The van der Waals surface area contributed by atoms with Crippen LogP contribution in [0.15, 0.2) is 21.7 Å². The zero-order chi connectivity index (χ0) is 15.7. The molecule has 0 heterocycles. The lowest BCUT2D eigenvalue weighted by Crippen LogP contribution is -2.28. The molecule has 0 unspecified atom stereocenters. The van der Waals surface area contributed by atoms with Crippen LogP contribution in [-0.4, -0.2) is 31.6 Å².